The van der Waals surface area contributed by atoms with Gasteiger partial charge in [-0.25, -0.2) is 13.8 Å². The minimum absolute atomic E-state index is 0.182. The number of hydrogen-bond acceptors (Lipinski definition) is 2. The number of fused-ring (bicyclic) bond motifs is 1. The number of aryl methyl sites for hydroxylation is 1. The van der Waals surface area contributed by atoms with Gasteiger partial charge in [-0.2, -0.15) is 0 Å². The molecule has 2 heterocycles. The molecular weight excluding hydrogens is 248 g/mol. The third kappa shape index (κ3) is 2.14. The molecule has 1 aliphatic rings. The molecule has 0 aliphatic carbocycles. The minimum Gasteiger partial charge on any atom is -0.330 e. The molecule has 0 spiro atoms. The Labute approximate surface area is 110 Å². The van der Waals surface area contributed by atoms with Gasteiger partial charge in [0.2, 0.25) is 0 Å². The van der Waals surface area contributed by atoms with E-state index in [1.165, 1.54) is 17.8 Å². The molecule has 19 heavy (non-hydrogen) atoms. The van der Waals surface area contributed by atoms with Crippen LogP contribution in [0.15, 0.2) is 24.4 Å². The van der Waals surface area contributed by atoms with Gasteiger partial charge in [0.25, 0.3) is 0 Å². The van der Waals surface area contributed by atoms with Gasteiger partial charge in [0, 0.05) is 24.4 Å². The van der Waals surface area contributed by atoms with Gasteiger partial charge < -0.3 is 10.3 Å². The third-order valence-electron chi connectivity index (χ3n) is 3.77. The molecule has 1 aromatic carbocycles. The summed E-state index contributed by atoms with van der Waals surface area (Å²) in [6.07, 6.45) is 3.65. The molecule has 0 saturated carbocycles. The van der Waals surface area contributed by atoms with Gasteiger partial charge in [0.1, 0.15) is 5.82 Å². The Morgan fingerprint density at radius 3 is 2.89 bits per heavy atom. The van der Waals surface area contributed by atoms with E-state index in [0.29, 0.717) is 6.54 Å². The normalized spacial score (nSPS) is 18.4. The lowest BCUT2D eigenvalue weighted by Gasteiger charge is -2.25. The van der Waals surface area contributed by atoms with Crippen LogP contribution in [0.3, 0.4) is 0 Å². The average Bonchev–Trinajstić information content (AvgIpc) is 2.84. The third-order valence-corrected chi connectivity index (χ3v) is 3.77. The smallest absolute Gasteiger partial charge is 0.159 e. The van der Waals surface area contributed by atoms with Crippen LogP contribution in [0.5, 0.6) is 0 Å². The number of aromatic nitrogens is 2. The Morgan fingerprint density at radius 1 is 1.32 bits per heavy atom. The quantitative estimate of drug-likeness (QED) is 0.903. The second-order valence-corrected chi connectivity index (χ2v) is 4.89. The highest BCUT2D eigenvalue weighted by molar-refractivity contribution is 5.24. The molecule has 1 atom stereocenters. The van der Waals surface area contributed by atoms with Gasteiger partial charge in [0.15, 0.2) is 11.6 Å². The van der Waals surface area contributed by atoms with Crippen LogP contribution in [-0.4, -0.2) is 9.55 Å². The highest BCUT2D eigenvalue weighted by atomic mass is 19.2. The van der Waals surface area contributed by atoms with Gasteiger partial charge >= 0.3 is 0 Å². The summed E-state index contributed by atoms with van der Waals surface area (Å²) in [5, 5.41) is 0. The Bertz CT molecular complexity index is 593. The van der Waals surface area contributed by atoms with Crippen LogP contribution >= 0.6 is 0 Å². The molecule has 1 aliphatic heterocycles. The van der Waals surface area contributed by atoms with Crippen molar-refractivity contribution in [3.8, 4) is 0 Å². The van der Waals surface area contributed by atoms with Crippen LogP contribution in [-0.2, 0) is 19.5 Å². The van der Waals surface area contributed by atoms with Crippen molar-refractivity contribution < 1.29 is 8.78 Å². The maximum absolute atomic E-state index is 13.3. The van der Waals surface area contributed by atoms with Crippen molar-refractivity contribution in [3.63, 3.8) is 0 Å². The minimum atomic E-state index is -0.800. The highest BCUT2D eigenvalue weighted by Crippen LogP contribution is 2.30. The second-order valence-electron chi connectivity index (χ2n) is 4.89. The summed E-state index contributed by atoms with van der Waals surface area (Å²) in [5.41, 5.74) is 7.65. The summed E-state index contributed by atoms with van der Waals surface area (Å²) in [5.74, 6) is -0.553. The van der Waals surface area contributed by atoms with Crippen LogP contribution in [0, 0.1) is 11.6 Å². The largest absolute Gasteiger partial charge is 0.330 e. The number of nitrogens with zero attached hydrogens (tertiary/aromatic N) is 2. The Balaban J connectivity index is 1.90. The first-order valence-electron chi connectivity index (χ1n) is 6.37. The van der Waals surface area contributed by atoms with Crippen molar-refractivity contribution in [2.45, 2.75) is 31.8 Å². The zero-order chi connectivity index (χ0) is 13.4. The predicted octanol–water partition coefficient (Wildman–Crippen LogP) is 2.35. The fourth-order valence-corrected chi connectivity index (χ4v) is 2.71. The van der Waals surface area contributed by atoms with E-state index >= 15 is 0 Å². The number of imidazole rings is 1. The first-order valence-corrected chi connectivity index (χ1v) is 6.37. The van der Waals surface area contributed by atoms with E-state index in [1.807, 2.05) is 6.20 Å². The van der Waals surface area contributed by atoms with Crippen molar-refractivity contribution >= 4 is 0 Å². The SMILES string of the molecule is NCc1ncc2n1CC(c1ccc(F)c(F)c1)CC2. The van der Waals surface area contributed by atoms with E-state index in [9.17, 15) is 8.78 Å². The Hall–Kier alpha value is -1.75. The fourth-order valence-electron chi connectivity index (χ4n) is 2.71. The summed E-state index contributed by atoms with van der Waals surface area (Å²) >= 11 is 0. The van der Waals surface area contributed by atoms with Crippen LogP contribution in [0.25, 0.3) is 0 Å². The van der Waals surface area contributed by atoms with Crippen molar-refractivity contribution in [1.29, 1.82) is 0 Å². The average molecular weight is 263 g/mol. The molecule has 3 rings (SSSR count). The molecule has 0 amide bonds. The van der Waals surface area contributed by atoms with Crippen molar-refractivity contribution in [2.24, 2.45) is 5.73 Å². The molecule has 2 aromatic rings. The van der Waals surface area contributed by atoms with E-state index in [0.717, 1.165) is 30.8 Å². The zero-order valence-corrected chi connectivity index (χ0v) is 10.4. The van der Waals surface area contributed by atoms with Gasteiger partial charge in [-0.1, -0.05) is 6.07 Å². The van der Waals surface area contributed by atoms with Crippen LogP contribution in [0.2, 0.25) is 0 Å². The maximum Gasteiger partial charge on any atom is 0.159 e. The first kappa shape index (κ1) is 12.3. The molecule has 0 fully saturated rings. The first-order chi connectivity index (χ1) is 9.19. The number of benzene rings is 1. The van der Waals surface area contributed by atoms with E-state index < -0.39 is 11.6 Å². The second kappa shape index (κ2) is 4.74. The molecule has 100 valence electrons. The number of halogens is 2. The molecule has 2 N–H and O–H groups in total. The van der Waals surface area contributed by atoms with Gasteiger partial charge in [-0.15, -0.1) is 0 Å². The monoisotopic (exact) mass is 263 g/mol. The standard InChI is InChI=1S/C14H15F2N3/c15-12-4-2-9(5-13(12)16)10-1-3-11-7-18-14(6-17)19(11)8-10/h2,4-5,7,10H,1,3,6,8,17H2. The lowest BCUT2D eigenvalue weighted by molar-refractivity contribution is 0.445. The fraction of sp³-hybridized carbons (Fsp3) is 0.357. The van der Waals surface area contributed by atoms with Crippen LogP contribution in [0.1, 0.15) is 29.4 Å². The summed E-state index contributed by atoms with van der Waals surface area (Å²) in [4.78, 5) is 4.28. The number of hydrogen-bond donors (Lipinski definition) is 1. The van der Waals surface area contributed by atoms with E-state index in [-0.39, 0.29) is 5.92 Å². The van der Waals surface area contributed by atoms with Gasteiger partial charge in [-0.05, 0) is 30.5 Å². The summed E-state index contributed by atoms with van der Waals surface area (Å²) in [6.45, 7) is 1.12. The van der Waals surface area contributed by atoms with E-state index in [1.54, 1.807) is 6.07 Å². The van der Waals surface area contributed by atoms with Crippen LogP contribution < -0.4 is 5.73 Å². The summed E-state index contributed by atoms with van der Waals surface area (Å²) in [7, 11) is 0. The van der Waals surface area contributed by atoms with Gasteiger partial charge in [-0.3, -0.25) is 0 Å². The molecule has 1 aromatic heterocycles. The van der Waals surface area contributed by atoms with E-state index in [4.69, 9.17) is 5.73 Å². The van der Waals surface area contributed by atoms with Crippen LogP contribution in [0.4, 0.5) is 8.78 Å². The predicted molar refractivity (Wildman–Crippen MR) is 67.5 cm³/mol. The van der Waals surface area contributed by atoms with E-state index in [2.05, 4.69) is 9.55 Å². The molecule has 0 radical (unpaired) electrons. The Kier molecular flexibility index (Phi) is 3.06. The van der Waals surface area contributed by atoms with Crippen molar-refractivity contribution in [2.75, 3.05) is 0 Å². The molecule has 0 saturated heterocycles. The van der Waals surface area contributed by atoms with Crippen molar-refractivity contribution in [1.82, 2.24) is 9.55 Å². The Morgan fingerprint density at radius 2 is 2.16 bits per heavy atom. The molecule has 1 unspecified atom stereocenters. The highest BCUT2D eigenvalue weighted by Gasteiger charge is 2.22. The summed E-state index contributed by atoms with van der Waals surface area (Å²) in [6, 6.07) is 4.15. The lowest BCUT2D eigenvalue weighted by Crippen LogP contribution is -2.21. The summed E-state index contributed by atoms with van der Waals surface area (Å²) < 4.78 is 28.4. The van der Waals surface area contributed by atoms with Gasteiger partial charge in [0.05, 0.1) is 6.54 Å². The molecule has 3 nitrogen and oxygen atoms in total. The lowest BCUT2D eigenvalue weighted by atomic mass is 9.90. The van der Waals surface area contributed by atoms with Crippen molar-refractivity contribution in [3.05, 3.63) is 53.1 Å². The number of nitrogens with two attached hydrogens (primary N) is 1. The molecule has 0 bridgehead atoms. The topological polar surface area (TPSA) is 43.8 Å². The zero-order valence-electron chi connectivity index (χ0n) is 10.4. The molecule has 5 heteroatoms. The molecular formula is C14H15F2N3. The number of rotatable bonds is 2. The maximum atomic E-state index is 13.3.